The Morgan fingerprint density at radius 2 is 2.00 bits per heavy atom. The smallest absolute Gasteiger partial charge is 0.387 e. The van der Waals surface area contributed by atoms with Crippen molar-refractivity contribution >= 4 is 5.91 Å². The second kappa shape index (κ2) is 7.92. The van der Waals surface area contributed by atoms with E-state index in [1.807, 2.05) is 13.8 Å². The van der Waals surface area contributed by atoms with E-state index in [1.165, 1.54) is 24.3 Å². The first kappa shape index (κ1) is 17.9. The molecule has 130 valence electrons. The van der Waals surface area contributed by atoms with Crippen LogP contribution in [0.15, 0.2) is 34.7 Å². The van der Waals surface area contributed by atoms with E-state index in [-0.39, 0.29) is 18.1 Å². The molecule has 0 saturated carbocycles. The summed E-state index contributed by atoms with van der Waals surface area (Å²) in [5, 5.41) is 12.6. The van der Waals surface area contributed by atoms with Crippen LogP contribution in [0.4, 0.5) is 8.78 Å². The van der Waals surface area contributed by atoms with E-state index in [9.17, 15) is 18.7 Å². The van der Waals surface area contributed by atoms with E-state index in [4.69, 9.17) is 4.42 Å². The number of nitrogens with one attached hydrogen (secondary N) is 1. The summed E-state index contributed by atoms with van der Waals surface area (Å²) in [6.07, 6.45) is -0.286. The number of hydrogen-bond donors (Lipinski definition) is 2. The SMILES string of the molecule is CCc1oc(C(=O)NCC(O)c2ccc(OC(F)F)cc2)cc1C. The average Bonchev–Trinajstić information content (AvgIpc) is 2.93. The molecule has 24 heavy (non-hydrogen) atoms. The quantitative estimate of drug-likeness (QED) is 0.812. The van der Waals surface area contributed by atoms with Crippen LogP contribution in [0.25, 0.3) is 0 Å². The molecule has 1 aromatic heterocycles. The van der Waals surface area contributed by atoms with E-state index in [0.717, 1.165) is 11.3 Å². The van der Waals surface area contributed by atoms with Crippen molar-refractivity contribution < 1.29 is 27.8 Å². The number of rotatable bonds is 7. The molecular weight excluding hydrogens is 320 g/mol. The summed E-state index contributed by atoms with van der Waals surface area (Å²) >= 11 is 0. The largest absolute Gasteiger partial charge is 0.456 e. The molecule has 0 aliphatic heterocycles. The van der Waals surface area contributed by atoms with Crippen LogP contribution in [0.1, 0.15) is 40.5 Å². The van der Waals surface area contributed by atoms with E-state index in [2.05, 4.69) is 10.1 Å². The monoisotopic (exact) mass is 339 g/mol. The number of benzene rings is 1. The van der Waals surface area contributed by atoms with Gasteiger partial charge in [-0.25, -0.2) is 0 Å². The highest BCUT2D eigenvalue weighted by Gasteiger charge is 2.16. The number of aliphatic hydroxyl groups is 1. The number of halogens is 2. The molecule has 5 nitrogen and oxygen atoms in total. The lowest BCUT2D eigenvalue weighted by atomic mass is 10.1. The molecule has 0 radical (unpaired) electrons. The number of carbonyl (C=O) groups excluding carboxylic acids is 1. The molecule has 2 rings (SSSR count). The number of amides is 1. The second-order valence-corrected chi connectivity index (χ2v) is 5.24. The Morgan fingerprint density at radius 1 is 1.33 bits per heavy atom. The third-order valence-electron chi connectivity index (χ3n) is 3.51. The van der Waals surface area contributed by atoms with Gasteiger partial charge >= 0.3 is 6.61 Å². The zero-order valence-corrected chi connectivity index (χ0v) is 13.4. The summed E-state index contributed by atoms with van der Waals surface area (Å²) in [5.41, 5.74) is 1.37. The van der Waals surface area contributed by atoms with Gasteiger partial charge in [0.25, 0.3) is 5.91 Å². The lowest BCUT2D eigenvalue weighted by molar-refractivity contribution is -0.0498. The maximum Gasteiger partial charge on any atom is 0.387 e. The van der Waals surface area contributed by atoms with Crippen molar-refractivity contribution in [3.8, 4) is 5.75 Å². The Kier molecular flexibility index (Phi) is 5.92. The fourth-order valence-corrected chi connectivity index (χ4v) is 2.25. The number of aliphatic hydroxyl groups excluding tert-OH is 1. The minimum absolute atomic E-state index is 0.00291. The molecule has 1 atom stereocenters. The van der Waals surface area contributed by atoms with Crippen LogP contribution in [0.3, 0.4) is 0 Å². The van der Waals surface area contributed by atoms with Gasteiger partial charge in [-0.05, 0) is 36.2 Å². The maximum atomic E-state index is 12.1. The average molecular weight is 339 g/mol. The Hall–Kier alpha value is -2.41. The highest BCUT2D eigenvalue weighted by atomic mass is 19.3. The molecule has 0 aliphatic rings. The van der Waals surface area contributed by atoms with Crippen molar-refractivity contribution in [3.63, 3.8) is 0 Å². The normalized spacial score (nSPS) is 12.2. The van der Waals surface area contributed by atoms with E-state index in [1.54, 1.807) is 6.07 Å². The van der Waals surface area contributed by atoms with Crippen molar-refractivity contribution in [2.75, 3.05) is 6.54 Å². The van der Waals surface area contributed by atoms with Crippen LogP contribution >= 0.6 is 0 Å². The van der Waals surface area contributed by atoms with Gasteiger partial charge in [-0.3, -0.25) is 4.79 Å². The van der Waals surface area contributed by atoms with Gasteiger partial charge in [-0.1, -0.05) is 19.1 Å². The van der Waals surface area contributed by atoms with Crippen molar-refractivity contribution in [2.24, 2.45) is 0 Å². The molecule has 0 saturated heterocycles. The maximum absolute atomic E-state index is 12.1. The fraction of sp³-hybridized carbons (Fsp3) is 0.353. The van der Waals surface area contributed by atoms with Crippen LogP contribution in [0.5, 0.6) is 5.75 Å². The van der Waals surface area contributed by atoms with Crippen molar-refractivity contribution in [2.45, 2.75) is 33.0 Å². The first-order chi connectivity index (χ1) is 11.4. The zero-order chi connectivity index (χ0) is 17.7. The van der Waals surface area contributed by atoms with Gasteiger partial charge in [0.1, 0.15) is 11.5 Å². The first-order valence-electron chi connectivity index (χ1n) is 7.51. The number of hydrogen-bond acceptors (Lipinski definition) is 4. The van der Waals surface area contributed by atoms with Crippen LogP contribution in [0, 0.1) is 6.92 Å². The molecule has 0 aliphatic carbocycles. The van der Waals surface area contributed by atoms with Gasteiger partial charge in [-0.2, -0.15) is 8.78 Å². The summed E-state index contributed by atoms with van der Waals surface area (Å²) in [6.45, 7) is 0.856. The third kappa shape index (κ3) is 4.55. The van der Waals surface area contributed by atoms with E-state index < -0.39 is 18.6 Å². The molecule has 0 bridgehead atoms. The van der Waals surface area contributed by atoms with Crippen LogP contribution < -0.4 is 10.1 Å². The number of furan rings is 1. The standard InChI is InChI=1S/C17H19F2NO4/c1-3-14-10(2)8-15(24-14)16(22)20-9-13(21)11-4-6-12(7-5-11)23-17(18)19/h4-8,13,17,21H,3,9H2,1-2H3,(H,20,22). The minimum Gasteiger partial charge on any atom is -0.456 e. The van der Waals surface area contributed by atoms with Crippen LogP contribution in [-0.4, -0.2) is 24.2 Å². The van der Waals surface area contributed by atoms with Crippen molar-refractivity contribution in [1.29, 1.82) is 0 Å². The molecule has 1 aromatic carbocycles. The predicted molar refractivity (Wildman–Crippen MR) is 83.2 cm³/mol. The highest BCUT2D eigenvalue weighted by Crippen LogP contribution is 2.19. The Labute approximate surface area is 138 Å². The minimum atomic E-state index is -2.90. The molecule has 0 fully saturated rings. The summed E-state index contributed by atoms with van der Waals surface area (Å²) in [5.74, 6) is 0.519. The summed E-state index contributed by atoms with van der Waals surface area (Å²) in [6, 6.07) is 7.23. The van der Waals surface area contributed by atoms with E-state index >= 15 is 0 Å². The van der Waals surface area contributed by atoms with Gasteiger partial charge in [-0.15, -0.1) is 0 Å². The molecule has 2 aromatic rings. The number of ether oxygens (including phenoxy) is 1. The lowest BCUT2D eigenvalue weighted by Crippen LogP contribution is -2.28. The van der Waals surface area contributed by atoms with Gasteiger partial charge in [0.2, 0.25) is 0 Å². The van der Waals surface area contributed by atoms with Gasteiger partial charge in [0.05, 0.1) is 6.10 Å². The van der Waals surface area contributed by atoms with Gasteiger partial charge < -0.3 is 19.6 Å². The lowest BCUT2D eigenvalue weighted by Gasteiger charge is -2.12. The summed E-state index contributed by atoms with van der Waals surface area (Å²) < 4.78 is 33.8. The molecular formula is C17H19F2NO4. The molecule has 1 heterocycles. The molecule has 2 N–H and O–H groups in total. The number of alkyl halides is 2. The van der Waals surface area contributed by atoms with E-state index in [0.29, 0.717) is 12.0 Å². The Morgan fingerprint density at radius 3 is 2.54 bits per heavy atom. The predicted octanol–water partition coefficient (Wildman–Crippen LogP) is 3.22. The first-order valence-corrected chi connectivity index (χ1v) is 7.51. The number of carbonyl (C=O) groups is 1. The highest BCUT2D eigenvalue weighted by molar-refractivity contribution is 5.91. The summed E-state index contributed by atoms with van der Waals surface area (Å²) in [4.78, 5) is 12.0. The Bertz CT molecular complexity index is 682. The van der Waals surface area contributed by atoms with Gasteiger partial charge in [0, 0.05) is 13.0 Å². The Balaban J connectivity index is 1.92. The van der Waals surface area contributed by atoms with Gasteiger partial charge in [0.15, 0.2) is 5.76 Å². The second-order valence-electron chi connectivity index (χ2n) is 5.24. The topological polar surface area (TPSA) is 71.7 Å². The molecule has 0 spiro atoms. The number of aryl methyl sites for hydroxylation is 2. The van der Waals surface area contributed by atoms with Crippen LogP contribution in [0.2, 0.25) is 0 Å². The molecule has 7 heteroatoms. The zero-order valence-electron chi connectivity index (χ0n) is 13.4. The van der Waals surface area contributed by atoms with Crippen molar-refractivity contribution in [3.05, 3.63) is 53.0 Å². The van der Waals surface area contributed by atoms with Crippen LogP contribution in [-0.2, 0) is 6.42 Å². The molecule has 1 amide bonds. The third-order valence-corrected chi connectivity index (χ3v) is 3.51. The van der Waals surface area contributed by atoms with Crippen molar-refractivity contribution in [1.82, 2.24) is 5.32 Å². The molecule has 1 unspecified atom stereocenters. The fourth-order valence-electron chi connectivity index (χ4n) is 2.25. The summed E-state index contributed by atoms with van der Waals surface area (Å²) in [7, 11) is 0.